The van der Waals surface area contributed by atoms with Crippen molar-refractivity contribution < 1.29 is 5.11 Å². The van der Waals surface area contributed by atoms with Crippen LogP contribution in [0.5, 0.6) is 0 Å². The molecule has 0 heterocycles. The van der Waals surface area contributed by atoms with E-state index in [0.717, 1.165) is 5.56 Å². The largest absolute Gasteiger partial charge is 0.376 e. The van der Waals surface area contributed by atoms with Crippen LogP contribution in [0.2, 0.25) is 0 Å². The average molecular weight is 233 g/mol. The highest BCUT2D eigenvalue weighted by Gasteiger charge is 2.02. The maximum absolute atomic E-state index is 9.89. The minimum absolute atomic E-state index is 0.571. The number of aliphatic hydroxyl groups excluding tert-OH is 1. The van der Waals surface area contributed by atoms with E-state index in [1.165, 1.54) is 0 Å². The van der Waals surface area contributed by atoms with Gasteiger partial charge in [-0.15, -0.1) is 0 Å². The molecular formula is C16H11NO. The van der Waals surface area contributed by atoms with E-state index in [4.69, 9.17) is 5.26 Å². The van der Waals surface area contributed by atoms with Crippen LogP contribution < -0.4 is 0 Å². The van der Waals surface area contributed by atoms with Crippen LogP contribution in [-0.4, -0.2) is 5.11 Å². The van der Waals surface area contributed by atoms with Crippen molar-refractivity contribution in [2.24, 2.45) is 0 Å². The smallest absolute Gasteiger partial charge is 0.140 e. The lowest BCUT2D eigenvalue weighted by atomic mass is 10.1. The first-order chi connectivity index (χ1) is 8.79. The second-order valence-electron chi connectivity index (χ2n) is 3.77. The molecule has 1 unspecified atom stereocenters. The summed E-state index contributed by atoms with van der Waals surface area (Å²) in [5.41, 5.74) is 2.13. The van der Waals surface area contributed by atoms with Crippen LogP contribution >= 0.6 is 0 Å². The number of hydrogen-bond donors (Lipinski definition) is 1. The van der Waals surface area contributed by atoms with Crippen LogP contribution in [0.3, 0.4) is 0 Å². The molecule has 0 radical (unpaired) electrons. The number of rotatable bonds is 1. The normalized spacial score (nSPS) is 10.9. The van der Waals surface area contributed by atoms with Gasteiger partial charge in [0.15, 0.2) is 0 Å². The Morgan fingerprint density at radius 3 is 2.17 bits per heavy atom. The molecule has 0 fully saturated rings. The Balaban J connectivity index is 2.15. The molecule has 0 aliphatic heterocycles. The fourth-order valence-corrected chi connectivity index (χ4v) is 1.50. The van der Waals surface area contributed by atoms with E-state index >= 15 is 0 Å². The molecule has 0 aliphatic rings. The third kappa shape index (κ3) is 2.98. The van der Waals surface area contributed by atoms with Crippen molar-refractivity contribution >= 4 is 0 Å². The summed E-state index contributed by atoms with van der Waals surface area (Å²) >= 11 is 0. The van der Waals surface area contributed by atoms with Crippen LogP contribution in [0.1, 0.15) is 22.8 Å². The third-order valence-electron chi connectivity index (χ3n) is 2.48. The van der Waals surface area contributed by atoms with Gasteiger partial charge >= 0.3 is 0 Å². The molecule has 0 bridgehead atoms. The zero-order valence-electron chi connectivity index (χ0n) is 9.67. The summed E-state index contributed by atoms with van der Waals surface area (Å²) in [4.78, 5) is 0. The molecular weight excluding hydrogens is 222 g/mol. The highest BCUT2D eigenvalue weighted by atomic mass is 16.3. The Morgan fingerprint density at radius 2 is 1.56 bits per heavy atom. The summed E-state index contributed by atoms with van der Waals surface area (Å²) in [6, 6.07) is 18.3. The molecule has 2 aromatic rings. The van der Waals surface area contributed by atoms with E-state index < -0.39 is 6.10 Å². The minimum Gasteiger partial charge on any atom is -0.376 e. The molecule has 2 rings (SSSR count). The lowest BCUT2D eigenvalue weighted by Crippen LogP contribution is -1.93. The summed E-state index contributed by atoms with van der Waals surface area (Å²) in [5.74, 6) is 5.68. The van der Waals surface area contributed by atoms with Crippen LogP contribution in [-0.2, 0) is 0 Å². The maximum atomic E-state index is 9.89. The van der Waals surface area contributed by atoms with Crippen LogP contribution in [0.15, 0.2) is 54.6 Å². The molecule has 2 heteroatoms. The summed E-state index contributed by atoms with van der Waals surface area (Å²) in [6.07, 6.45) is -0.835. The molecule has 1 N–H and O–H groups in total. The summed E-state index contributed by atoms with van der Waals surface area (Å²) in [7, 11) is 0. The van der Waals surface area contributed by atoms with Gasteiger partial charge in [-0.1, -0.05) is 42.2 Å². The van der Waals surface area contributed by atoms with Crippen molar-refractivity contribution in [1.29, 1.82) is 5.26 Å². The lowest BCUT2D eigenvalue weighted by molar-refractivity contribution is 0.238. The van der Waals surface area contributed by atoms with Crippen LogP contribution in [0, 0.1) is 23.2 Å². The van der Waals surface area contributed by atoms with E-state index in [9.17, 15) is 5.11 Å². The van der Waals surface area contributed by atoms with E-state index in [1.807, 2.05) is 36.4 Å². The van der Waals surface area contributed by atoms with Crippen molar-refractivity contribution in [2.45, 2.75) is 6.10 Å². The monoisotopic (exact) mass is 233 g/mol. The van der Waals surface area contributed by atoms with Gasteiger partial charge in [0.25, 0.3) is 0 Å². The van der Waals surface area contributed by atoms with Gasteiger partial charge in [0.05, 0.1) is 11.6 Å². The van der Waals surface area contributed by atoms with Crippen molar-refractivity contribution in [1.82, 2.24) is 0 Å². The number of hydrogen-bond acceptors (Lipinski definition) is 2. The number of nitriles is 1. The summed E-state index contributed by atoms with van der Waals surface area (Å²) < 4.78 is 0. The van der Waals surface area contributed by atoms with Crippen molar-refractivity contribution in [3.8, 4) is 17.9 Å². The van der Waals surface area contributed by atoms with E-state index in [-0.39, 0.29) is 0 Å². The van der Waals surface area contributed by atoms with E-state index in [0.29, 0.717) is 11.1 Å². The Morgan fingerprint density at radius 1 is 0.889 bits per heavy atom. The van der Waals surface area contributed by atoms with Crippen molar-refractivity contribution in [3.63, 3.8) is 0 Å². The van der Waals surface area contributed by atoms with Gasteiger partial charge in [0.1, 0.15) is 6.10 Å². The van der Waals surface area contributed by atoms with E-state index in [1.54, 1.807) is 24.3 Å². The van der Waals surface area contributed by atoms with Crippen LogP contribution in [0.25, 0.3) is 0 Å². The Kier molecular flexibility index (Phi) is 3.76. The second-order valence-corrected chi connectivity index (χ2v) is 3.77. The van der Waals surface area contributed by atoms with Gasteiger partial charge in [-0.05, 0) is 29.8 Å². The lowest BCUT2D eigenvalue weighted by Gasteiger charge is -2.02. The number of benzene rings is 2. The Hall–Kier alpha value is -2.55. The topological polar surface area (TPSA) is 44.0 Å². The summed E-state index contributed by atoms with van der Waals surface area (Å²) in [5, 5.41) is 18.6. The van der Waals surface area contributed by atoms with Gasteiger partial charge in [0, 0.05) is 5.56 Å². The van der Waals surface area contributed by atoms with Gasteiger partial charge in [-0.3, -0.25) is 0 Å². The highest BCUT2D eigenvalue weighted by Crippen LogP contribution is 2.12. The minimum atomic E-state index is -0.835. The van der Waals surface area contributed by atoms with E-state index in [2.05, 4.69) is 11.8 Å². The molecule has 0 saturated heterocycles. The number of aliphatic hydroxyl groups is 1. The SMILES string of the molecule is N#Cc1ccc(C(O)C#Cc2ccccc2)cc1. The molecule has 1 atom stereocenters. The molecule has 86 valence electrons. The van der Waals surface area contributed by atoms with Crippen molar-refractivity contribution in [3.05, 3.63) is 71.3 Å². The molecule has 2 nitrogen and oxygen atoms in total. The van der Waals surface area contributed by atoms with Gasteiger partial charge < -0.3 is 5.11 Å². The molecule has 0 spiro atoms. The van der Waals surface area contributed by atoms with Gasteiger partial charge in [0.2, 0.25) is 0 Å². The first kappa shape index (κ1) is 11.9. The number of nitrogens with zero attached hydrogens (tertiary/aromatic N) is 1. The highest BCUT2D eigenvalue weighted by molar-refractivity contribution is 5.38. The second kappa shape index (κ2) is 5.68. The van der Waals surface area contributed by atoms with Crippen molar-refractivity contribution in [2.75, 3.05) is 0 Å². The fraction of sp³-hybridized carbons (Fsp3) is 0.0625. The Bertz CT molecular complexity index is 612. The molecule has 0 saturated carbocycles. The van der Waals surface area contributed by atoms with Gasteiger partial charge in [-0.25, -0.2) is 0 Å². The third-order valence-corrected chi connectivity index (χ3v) is 2.48. The van der Waals surface area contributed by atoms with Gasteiger partial charge in [-0.2, -0.15) is 5.26 Å². The average Bonchev–Trinajstić information content (AvgIpc) is 2.46. The predicted molar refractivity (Wildman–Crippen MR) is 69.4 cm³/mol. The molecule has 2 aromatic carbocycles. The fourth-order valence-electron chi connectivity index (χ4n) is 1.50. The first-order valence-corrected chi connectivity index (χ1v) is 5.54. The zero-order valence-corrected chi connectivity index (χ0v) is 9.67. The molecule has 0 aromatic heterocycles. The predicted octanol–water partition coefficient (Wildman–Crippen LogP) is 2.64. The quantitative estimate of drug-likeness (QED) is 0.769. The molecule has 18 heavy (non-hydrogen) atoms. The standard InChI is InChI=1S/C16H11NO/c17-12-14-6-9-15(10-7-14)16(18)11-8-13-4-2-1-3-5-13/h1-7,9-10,16,18H. The maximum Gasteiger partial charge on any atom is 0.140 e. The molecule has 0 amide bonds. The molecule has 0 aliphatic carbocycles. The zero-order chi connectivity index (χ0) is 12.8. The first-order valence-electron chi connectivity index (χ1n) is 5.54. The summed E-state index contributed by atoms with van der Waals surface area (Å²) in [6.45, 7) is 0. The Labute approximate surface area is 106 Å². The van der Waals surface area contributed by atoms with Crippen LogP contribution in [0.4, 0.5) is 0 Å².